The molecule has 1 aromatic heterocycles. The average molecular weight is 419 g/mol. The molecular weight excluding hydrogens is 397 g/mol. The van der Waals surface area contributed by atoms with Gasteiger partial charge in [0.2, 0.25) is 0 Å². The molecule has 0 amide bonds. The van der Waals surface area contributed by atoms with E-state index in [0.717, 1.165) is 11.1 Å². The van der Waals surface area contributed by atoms with Crippen molar-refractivity contribution in [3.63, 3.8) is 0 Å². The van der Waals surface area contributed by atoms with Crippen molar-refractivity contribution < 1.29 is 23.4 Å². The fourth-order valence-electron chi connectivity index (χ4n) is 3.79. The summed E-state index contributed by atoms with van der Waals surface area (Å²) in [4.78, 5) is 13.6. The fraction of sp³-hybridized carbons (Fsp3) is 0.160. The minimum Gasteiger partial charge on any atom is -0.496 e. The first kappa shape index (κ1) is 20.5. The summed E-state index contributed by atoms with van der Waals surface area (Å²) in [7, 11) is 4.61. The summed E-state index contributed by atoms with van der Waals surface area (Å²) < 4.78 is 31.7. The molecule has 0 radical (unpaired) electrons. The number of fused-ring (bicyclic) bond motifs is 1. The van der Waals surface area contributed by atoms with Crippen molar-refractivity contribution in [2.24, 2.45) is 0 Å². The van der Waals surface area contributed by atoms with E-state index in [4.69, 9.17) is 14.2 Å². The van der Waals surface area contributed by atoms with E-state index < -0.39 is 0 Å². The quantitative estimate of drug-likeness (QED) is 0.392. The molecule has 0 saturated heterocycles. The Balaban J connectivity index is 1.88. The van der Waals surface area contributed by atoms with Gasteiger partial charge in [0.25, 0.3) is 0 Å². The van der Waals surface area contributed by atoms with Crippen LogP contribution in [0.5, 0.6) is 17.2 Å². The highest BCUT2D eigenvalue weighted by molar-refractivity contribution is 6.19. The molecule has 31 heavy (non-hydrogen) atoms. The lowest BCUT2D eigenvalue weighted by Crippen LogP contribution is -2.05. The Labute approximate surface area is 179 Å². The van der Waals surface area contributed by atoms with Crippen LogP contribution in [0.1, 0.15) is 21.5 Å². The first-order valence-electron chi connectivity index (χ1n) is 9.73. The summed E-state index contributed by atoms with van der Waals surface area (Å²) in [6.45, 7) is 0.479. The number of ketones is 1. The van der Waals surface area contributed by atoms with Crippen LogP contribution in [0.25, 0.3) is 10.9 Å². The normalized spacial score (nSPS) is 10.8. The third-order valence-electron chi connectivity index (χ3n) is 5.25. The van der Waals surface area contributed by atoms with Gasteiger partial charge in [-0.05, 0) is 42.0 Å². The number of hydrogen-bond donors (Lipinski definition) is 0. The van der Waals surface area contributed by atoms with E-state index in [-0.39, 0.29) is 11.6 Å². The topological polar surface area (TPSA) is 49.7 Å². The van der Waals surface area contributed by atoms with Crippen LogP contribution in [0.4, 0.5) is 4.39 Å². The number of rotatable bonds is 7. The average Bonchev–Trinajstić information content (AvgIpc) is 3.18. The zero-order valence-corrected chi connectivity index (χ0v) is 17.5. The van der Waals surface area contributed by atoms with Gasteiger partial charge in [0.1, 0.15) is 11.6 Å². The smallest absolute Gasteiger partial charge is 0.199 e. The van der Waals surface area contributed by atoms with E-state index in [0.29, 0.717) is 40.3 Å². The molecule has 3 aromatic carbocycles. The molecule has 158 valence electrons. The van der Waals surface area contributed by atoms with Gasteiger partial charge >= 0.3 is 0 Å². The monoisotopic (exact) mass is 419 g/mol. The highest BCUT2D eigenvalue weighted by Gasteiger charge is 2.24. The predicted octanol–water partition coefficient (Wildman–Crippen LogP) is 5.09. The summed E-state index contributed by atoms with van der Waals surface area (Å²) in [5.41, 5.74) is 2.64. The zero-order chi connectivity index (χ0) is 22.0. The van der Waals surface area contributed by atoms with Crippen molar-refractivity contribution in [2.75, 3.05) is 21.3 Å². The van der Waals surface area contributed by atoms with Crippen LogP contribution < -0.4 is 14.2 Å². The van der Waals surface area contributed by atoms with Gasteiger partial charge in [-0.2, -0.15) is 0 Å². The molecule has 0 N–H and O–H groups in total. The Bertz CT molecular complexity index is 1240. The predicted molar refractivity (Wildman–Crippen MR) is 117 cm³/mol. The van der Waals surface area contributed by atoms with Gasteiger partial charge in [-0.25, -0.2) is 4.39 Å². The fourth-order valence-corrected chi connectivity index (χ4v) is 3.79. The summed E-state index contributed by atoms with van der Waals surface area (Å²) in [5, 5.41) is 0.710. The minimum absolute atomic E-state index is 0.205. The Morgan fingerprint density at radius 1 is 0.839 bits per heavy atom. The Kier molecular flexibility index (Phi) is 5.62. The van der Waals surface area contributed by atoms with Crippen LogP contribution in [0, 0.1) is 5.82 Å². The number of nitrogens with zero attached hydrogens (tertiary/aromatic N) is 1. The lowest BCUT2D eigenvalue weighted by atomic mass is 10.0. The molecule has 4 aromatic rings. The van der Waals surface area contributed by atoms with Gasteiger partial charge in [0.15, 0.2) is 17.3 Å². The van der Waals surface area contributed by atoms with Crippen LogP contribution >= 0.6 is 0 Å². The van der Waals surface area contributed by atoms with Crippen molar-refractivity contribution >= 4 is 16.7 Å². The number of halogens is 1. The minimum atomic E-state index is -0.288. The molecule has 0 spiro atoms. The third kappa shape index (κ3) is 3.72. The molecule has 4 rings (SSSR count). The number of hydrogen-bond acceptors (Lipinski definition) is 4. The second-order valence-electron chi connectivity index (χ2n) is 7.02. The highest BCUT2D eigenvalue weighted by Crippen LogP contribution is 2.36. The van der Waals surface area contributed by atoms with Crippen molar-refractivity contribution in [2.45, 2.75) is 6.54 Å². The summed E-state index contributed by atoms with van der Waals surface area (Å²) in [6.07, 6.45) is 1.80. The van der Waals surface area contributed by atoms with Gasteiger partial charge in [-0.15, -0.1) is 0 Å². The first-order valence-corrected chi connectivity index (χ1v) is 9.73. The molecular formula is C25H22FNO4. The number of methoxy groups -OCH3 is 3. The third-order valence-corrected chi connectivity index (χ3v) is 5.25. The molecule has 0 aliphatic carbocycles. The number of para-hydroxylation sites is 1. The van der Waals surface area contributed by atoms with E-state index in [2.05, 4.69) is 0 Å². The van der Waals surface area contributed by atoms with Gasteiger partial charge in [-0.3, -0.25) is 4.79 Å². The van der Waals surface area contributed by atoms with Gasteiger partial charge in [0, 0.05) is 12.7 Å². The van der Waals surface area contributed by atoms with E-state index in [1.165, 1.54) is 26.4 Å². The molecule has 0 saturated carbocycles. The molecule has 0 aliphatic rings. The van der Waals surface area contributed by atoms with E-state index in [1.54, 1.807) is 43.6 Å². The Morgan fingerprint density at radius 2 is 1.52 bits per heavy atom. The number of aromatic nitrogens is 1. The molecule has 0 atom stereocenters. The summed E-state index contributed by atoms with van der Waals surface area (Å²) >= 11 is 0. The van der Waals surface area contributed by atoms with Crippen molar-refractivity contribution in [3.05, 3.63) is 89.4 Å². The standard InChI is InChI=1S/C25H22FNO4/c1-29-21-8-5-7-20-23(21)19(15-27(20)14-16-10-12-17(26)13-11-16)24(28)18-6-4-9-22(30-2)25(18)31-3/h4-13,15H,14H2,1-3H3. The highest BCUT2D eigenvalue weighted by atomic mass is 19.1. The van der Waals surface area contributed by atoms with Crippen LogP contribution in [0.2, 0.25) is 0 Å². The summed E-state index contributed by atoms with van der Waals surface area (Å²) in [5.74, 6) is 0.965. The summed E-state index contributed by atoms with van der Waals surface area (Å²) in [6, 6.07) is 17.2. The van der Waals surface area contributed by atoms with E-state index in [9.17, 15) is 9.18 Å². The van der Waals surface area contributed by atoms with Crippen molar-refractivity contribution in [3.8, 4) is 17.2 Å². The molecule has 1 heterocycles. The zero-order valence-electron chi connectivity index (χ0n) is 17.5. The van der Waals surface area contributed by atoms with E-state index in [1.807, 2.05) is 22.8 Å². The number of benzene rings is 3. The molecule has 0 bridgehead atoms. The first-order chi connectivity index (χ1) is 15.1. The Morgan fingerprint density at radius 3 is 2.19 bits per heavy atom. The number of carbonyl (C=O) groups excluding carboxylic acids is 1. The largest absolute Gasteiger partial charge is 0.496 e. The van der Waals surface area contributed by atoms with Crippen LogP contribution in [-0.4, -0.2) is 31.7 Å². The maximum Gasteiger partial charge on any atom is 0.199 e. The van der Waals surface area contributed by atoms with Gasteiger partial charge < -0.3 is 18.8 Å². The Hall–Kier alpha value is -3.80. The maximum atomic E-state index is 13.6. The molecule has 0 aliphatic heterocycles. The van der Waals surface area contributed by atoms with Gasteiger partial charge in [0.05, 0.1) is 43.4 Å². The van der Waals surface area contributed by atoms with Crippen LogP contribution in [0.3, 0.4) is 0 Å². The number of ether oxygens (including phenoxy) is 3. The van der Waals surface area contributed by atoms with Gasteiger partial charge in [-0.1, -0.05) is 24.3 Å². The molecule has 0 unspecified atom stereocenters. The second kappa shape index (κ2) is 8.52. The second-order valence-corrected chi connectivity index (χ2v) is 7.02. The maximum absolute atomic E-state index is 13.6. The van der Waals surface area contributed by atoms with Crippen molar-refractivity contribution in [1.29, 1.82) is 0 Å². The number of carbonyl (C=O) groups is 1. The lowest BCUT2D eigenvalue weighted by Gasteiger charge is -2.11. The molecule has 0 fully saturated rings. The SMILES string of the molecule is COc1cccc(C(=O)c2cn(Cc3ccc(F)cc3)c3cccc(OC)c23)c1OC. The molecule has 6 heteroatoms. The van der Waals surface area contributed by atoms with Crippen molar-refractivity contribution in [1.82, 2.24) is 4.57 Å². The van der Waals surface area contributed by atoms with Crippen LogP contribution in [0.15, 0.2) is 66.9 Å². The van der Waals surface area contributed by atoms with E-state index >= 15 is 0 Å². The van der Waals surface area contributed by atoms with Crippen LogP contribution in [-0.2, 0) is 6.54 Å². The lowest BCUT2D eigenvalue weighted by molar-refractivity contribution is 0.103. The molecule has 5 nitrogen and oxygen atoms in total.